The molecule has 140 valence electrons. The van der Waals surface area contributed by atoms with Crippen molar-refractivity contribution in [3.63, 3.8) is 0 Å². The molecule has 0 aromatic carbocycles. The highest BCUT2D eigenvalue weighted by atomic mass is 19.1. The van der Waals surface area contributed by atoms with Crippen molar-refractivity contribution in [3.8, 4) is 11.5 Å². The van der Waals surface area contributed by atoms with Crippen LogP contribution in [0.2, 0.25) is 0 Å². The summed E-state index contributed by atoms with van der Waals surface area (Å²) in [5.41, 5.74) is 1.55. The van der Waals surface area contributed by atoms with Crippen molar-refractivity contribution >= 4 is 0 Å². The minimum atomic E-state index is -0.227. The van der Waals surface area contributed by atoms with Gasteiger partial charge in [-0.1, -0.05) is 5.16 Å². The van der Waals surface area contributed by atoms with Crippen LogP contribution >= 0.6 is 0 Å². The van der Waals surface area contributed by atoms with E-state index in [1.807, 2.05) is 12.1 Å². The average Bonchev–Trinajstić information content (AvgIpc) is 3.18. The molecule has 6 nitrogen and oxygen atoms in total. The van der Waals surface area contributed by atoms with Crippen molar-refractivity contribution in [1.29, 1.82) is 0 Å². The monoisotopic (exact) mass is 367 g/mol. The third-order valence-electron chi connectivity index (χ3n) is 5.01. The molecule has 3 aromatic heterocycles. The van der Waals surface area contributed by atoms with E-state index in [1.54, 1.807) is 24.7 Å². The lowest BCUT2D eigenvalue weighted by molar-refractivity contribution is 0.159. The van der Waals surface area contributed by atoms with Crippen LogP contribution in [-0.4, -0.2) is 38.1 Å². The van der Waals surface area contributed by atoms with Gasteiger partial charge in [0.15, 0.2) is 5.82 Å². The van der Waals surface area contributed by atoms with Crippen LogP contribution in [0.3, 0.4) is 0 Å². The first kappa shape index (κ1) is 17.7. The number of piperidine rings is 1. The highest BCUT2D eigenvalue weighted by molar-refractivity contribution is 5.50. The third-order valence-corrected chi connectivity index (χ3v) is 5.01. The lowest BCUT2D eigenvalue weighted by atomic mass is 9.93. The molecule has 1 fully saturated rings. The molecule has 4 heterocycles. The van der Waals surface area contributed by atoms with E-state index in [-0.39, 0.29) is 5.82 Å². The molecule has 0 radical (unpaired) electrons. The van der Waals surface area contributed by atoms with E-state index in [0.717, 1.165) is 43.7 Å². The van der Waals surface area contributed by atoms with Crippen molar-refractivity contribution in [2.24, 2.45) is 5.92 Å². The van der Waals surface area contributed by atoms with Crippen LogP contribution in [0.15, 0.2) is 47.5 Å². The predicted octanol–water partition coefficient (Wildman–Crippen LogP) is 3.51. The number of hydrogen-bond donors (Lipinski definition) is 0. The molecule has 1 saturated heterocycles. The summed E-state index contributed by atoms with van der Waals surface area (Å²) in [6.45, 7) is 2.61. The number of halogens is 1. The SMILES string of the molecule is Fc1cnccc1CN1CCCC(CCc2noc(-c3cccnc3)n2)C1. The molecule has 0 bridgehead atoms. The van der Waals surface area contributed by atoms with E-state index in [0.29, 0.717) is 23.9 Å². The molecular formula is C20H22FN5O. The van der Waals surface area contributed by atoms with Gasteiger partial charge in [0.1, 0.15) is 5.82 Å². The van der Waals surface area contributed by atoms with E-state index in [2.05, 4.69) is 25.0 Å². The van der Waals surface area contributed by atoms with Gasteiger partial charge in [-0.05, 0) is 49.9 Å². The smallest absolute Gasteiger partial charge is 0.259 e. The first-order valence-electron chi connectivity index (χ1n) is 9.31. The number of hydrogen-bond acceptors (Lipinski definition) is 6. The zero-order chi connectivity index (χ0) is 18.5. The molecule has 1 aliphatic rings. The molecular weight excluding hydrogens is 345 g/mol. The lowest BCUT2D eigenvalue weighted by Gasteiger charge is -2.32. The summed E-state index contributed by atoms with van der Waals surface area (Å²) < 4.78 is 19.2. The van der Waals surface area contributed by atoms with Crippen molar-refractivity contribution < 1.29 is 8.91 Å². The molecule has 1 unspecified atom stereocenters. The predicted molar refractivity (Wildman–Crippen MR) is 98.0 cm³/mol. The maximum Gasteiger partial charge on any atom is 0.259 e. The summed E-state index contributed by atoms with van der Waals surface area (Å²) in [6.07, 6.45) is 10.5. The Balaban J connectivity index is 1.31. The number of likely N-dealkylation sites (tertiary alicyclic amines) is 1. The fourth-order valence-electron chi connectivity index (χ4n) is 3.60. The maximum absolute atomic E-state index is 13.8. The first-order chi connectivity index (χ1) is 13.3. The molecule has 0 spiro atoms. The summed E-state index contributed by atoms with van der Waals surface area (Å²) in [6, 6.07) is 5.52. The summed E-state index contributed by atoms with van der Waals surface area (Å²) in [7, 11) is 0. The highest BCUT2D eigenvalue weighted by Crippen LogP contribution is 2.23. The number of aromatic nitrogens is 4. The molecule has 1 aliphatic heterocycles. The van der Waals surface area contributed by atoms with Crippen molar-refractivity contribution in [3.05, 3.63) is 60.2 Å². The Morgan fingerprint density at radius 2 is 2.11 bits per heavy atom. The number of pyridine rings is 2. The Labute approximate surface area is 157 Å². The van der Waals surface area contributed by atoms with Crippen LogP contribution in [0.4, 0.5) is 4.39 Å². The van der Waals surface area contributed by atoms with Gasteiger partial charge < -0.3 is 4.52 Å². The summed E-state index contributed by atoms with van der Waals surface area (Å²) in [5, 5.41) is 4.09. The standard InChI is InChI=1S/C20H22FN5O/c21-18-12-23-9-7-17(18)14-26-10-2-3-15(13-26)5-6-19-24-20(27-25-19)16-4-1-8-22-11-16/h1,4,7-9,11-12,15H,2-3,5-6,10,13-14H2. The molecule has 7 heteroatoms. The second-order valence-electron chi connectivity index (χ2n) is 7.01. The number of nitrogens with zero attached hydrogens (tertiary/aromatic N) is 5. The Morgan fingerprint density at radius 3 is 2.96 bits per heavy atom. The Bertz CT molecular complexity index is 870. The van der Waals surface area contributed by atoms with Gasteiger partial charge in [-0.15, -0.1) is 0 Å². The van der Waals surface area contributed by atoms with Gasteiger partial charge in [-0.25, -0.2) is 4.39 Å². The van der Waals surface area contributed by atoms with E-state index >= 15 is 0 Å². The second kappa shape index (κ2) is 8.35. The van der Waals surface area contributed by atoms with E-state index in [4.69, 9.17) is 4.52 Å². The largest absolute Gasteiger partial charge is 0.334 e. The third kappa shape index (κ3) is 4.54. The van der Waals surface area contributed by atoms with Gasteiger partial charge in [-0.3, -0.25) is 14.9 Å². The Morgan fingerprint density at radius 1 is 1.19 bits per heavy atom. The summed E-state index contributed by atoms with van der Waals surface area (Å²) in [5.74, 6) is 1.57. The van der Waals surface area contributed by atoms with E-state index < -0.39 is 0 Å². The van der Waals surface area contributed by atoms with E-state index in [9.17, 15) is 4.39 Å². The summed E-state index contributed by atoms with van der Waals surface area (Å²) >= 11 is 0. The highest BCUT2D eigenvalue weighted by Gasteiger charge is 2.21. The van der Waals surface area contributed by atoms with Gasteiger partial charge in [0.25, 0.3) is 5.89 Å². The van der Waals surface area contributed by atoms with E-state index in [1.165, 1.54) is 12.6 Å². The molecule has 1 atom stereocenters. The van der Waals surface area contributed by atoms with Gasteiger partial charge in [0.05, 0.1) is 11.8 Å². The van der Waals surface area contributed by atoms with Crippen LogP contribution in [0.25, 0.3) is 11.5 Å². The minimum Gasteiger partial charge on any atom is -0.334 e. The van der Waals surface area contributed by atoms with Crippen LogP contribution < -0.4 is 0 Å². The Kier molecular flexibility index (Phi) is 5.48. The van der Waals surface area contributed by atoms with Crippen molar-refractivity contribution in [2.75, 3.05) is 13.1 Å². The molecule has 0 N–H and O–H groups in total. The van der Waals surface area contributed by atoms with Crippen LogP contribution in [0.1, 0.15) is 30.7 Å². The van der Waals surface area contributed by atoms with Gasteiger partial charge in [0, 0.05) is 43.7 Å². The van der Waals surface area contributed by atoms with Crippen molar-refractivity contribution in [1.82, 2.24) is 25.0 Å². The first-order valence-corrected chi connectivity index (χ1v) is 9.31. The lowest BCUT2D eigenvalue weighted by Crippen LogP contribution is -2.35. The molecule has 0 amide bonds. The molecule has 0 saturated carbocycles. The van der Waals surface area contributed by atoms with Crippen LogP contribution in [0, 0.1) is 11.7 Å². The molecule has 27 heavy (non-hydrogen) atoms. The molecule has 0 aliphatic carbocycles. The normalized spacial score (nSPS) is 17.9. The summed E-state index contributed by atoms with van der Waals surface area (Å²) in [4.78, 5) is 14.7. The average molecular weight is 367 g/mol. The topological polar surface area (TPSA) is 67.9 Å². The zero-order valence-electron chi connectivity index (χ0n) is 15.1. The van der Waals surface area contributed by atoms with Crippen LogP contribution in [-0.2, 0) is 13.0 Å². The Hall–Kier alpha value is -2.67. The van der Waals surface area contributed by atoms with Gasteiger partial charge >= 0.3 is 0 Å². The molecule has 4 rings (SSSR count). The van der Waals surface area contributed by atoms with Crippen LogP contribution in [0.5, 0.6) is 0 Å². The maximum atomic E-state index is 13.8. The number of rotatable bonds is 6. The zero-order valence-corrected chi connectivity index (χ0v) is 15.1. The minimum absolute atomic E-state index is 0.227. The van der Waals surface area contributed by atoms with Crippen molar-refractivity contribution in [2.45, 2.75) is 32.2 Å². The van der Waals surface area contributed by atoms with Gasteiger partial charge in [0.2, 0.25) is 0 Å². The number of aryl methyl sites for hydroxylation is 1. The molecule has 3 aromatic rings. The fraction of sp³-hybridized carbons (Fsp3) is 0.400. The van der Waals surface area contributed by atoms with Gasteiger partial charge in [-0.2, -0.15) is 4.98 Å². The quantitative estimate of drug-likeness (QED) is 0.664. The fourth-order valence-corrected chi connectivity index (χ4v) is 3.60. The second-order valence-corrected chi connectivity index (χ2v) is 7.01.